The largest absolute Gasteiger partial charge is 0.508 e. The smallest absolute Gasteiger partial charge is 0.322 e. The molecule has 5 nitrogen and oxygen atoms in total. The second kappa shape index (κ2) is 7.53. The van der Waals surface area contributed by atoms with Gasteiger partial charge in [-0.25, -0.2) is 9.18 Å². The molecule has 3 aromatic rings. The minimum absolute atomic E-state index is 0.158. The van der Waals surface area contributed by atoms with Crippen LogP contribution >= 0.6 is 0 Å². The molecule has 1 aromatic heterocycles. The molecule has 0 radical (unpaired) electrons. The van der Waals surface area contributed by atoms with E-state index in [1.807, 2.05) is 0 Å². The topological polar surface area (TPSA) is 65.7 Å². The highest BCUT2D eigenvalue weighted by Gasteiger charge is 2.16. The summed E-state index contributed by atoms with van der Waals surface area (Å²) in [5, 5.41) is 12.1. The Bertz CT molecular complexity index is 832. The summed E-state index contributed by atoms with van der Waals surface area (Å²) in [6.07, 6.45) is 1.54. The number of hydrogen-bond donors (Lipinski definition) is 2. The summed E-state index contributed by atoms with van der Waals surface area (Å²) in [4.78, 5) is 14.2. The zero-order valence-electron chi connectivity index (χ0n) is 13.4. The van der Waals surface area contributed by atoms with Crippen LogP contribution in [-0.2, 0) is 13.1 Å². The Balaban J connectivity index is 1.77. The number of benzene rings is 2. The Labute approximate surface area is 144 Å². The van der Waals surface area contributed by atoms with Gasteiger partial charge in [0.2, 0.25) is 0 Å². The number of phenolic OH excluding ortho intramolecular Hbond substituents is 1. The maximum absolute atomic E-state index is 13.3. The Kier molecular flexibility index (Phi) is 4.99. The van der Waals surface area contributed by atoms with Crippen LogP contribution in [-0.4, -0.2) is 16.0 Å². The van der Waals surface area contributed by atoms with E-state index in [1.165, 1.54) is 23.1 Å². The van der Waals surface area contributed by atoms with Crippen molar-refractivity contribution in [1.82, 2.24) is 4.90 Å². The third kappa shape index (κ3) is 4.60. The Hall–Kier alpha value is -3.28. The zero-order chi connectivity index (χ0) is 17.6. The first-order valence-corrected chi connectivity index (χ1v) is 7.72. The molecule has 0 unspecified atom stereocenters. The number of hydrogen-bond acceptors (Lipinski definition) is 3. The molecule has 0 fully saturated rings. The fourth-order valence-corrected chi connectivity index (χ4v) is 2.38. The van der Waals surface area contributed by atoms with Crippen molar-refractivity contribution in [3.8, 4) is 5.75 Å². The van der Waals surface area contributed by atoms with Gasteiger partial charge in [0.15, 0.2) is 0 Å². The zero-order valence-corrected chi connectivity index (χ0v) is 13.4. The van der Waals surface area contributed by atoms with Gasteiger partial charge in [-0.05, 0) is 48.0 Å². The van der Waals surface area contributed by atoms with Gasteiger partial charge in [0.1, 0.15) is 17.3 Å². The SMILES string of the molecule is O=C(Nc1cccc(F)c1)N(Cc1ccc(O)cc1)Cc1ccco1. The lowest BCUT2D eigenvalue weighted by atomic mass is 10.2. The molecule has 0 aliphatic carbocycles. The van der Waals surface area contributed by atoms with E-state index in [0.29, 0.717) is 18.0 Å². The normalized spacial score (nSPS) is 10.4. The maximum atomic E-state index is 13.3. The second-order valence-corrected chi connectivity index (χ2v) is 5.54. The highest BCUT2D eigenvalue weighted by atomic mass is 19.1. The predicted octanol–water partition coefficient (Wildman–Crippen LogP) is 4.36. The quantitative estimate of drug-likeness (QED) is 0.725. The first kappa shape index (κ1) is 16.6. The number of nitrogens with zero attached hydrogens (tertiary/aromatic N) is 1. The van der Waals surface area contributed by atoms with Crippen molar-refractivity contribution in [1.29, 1.82) is 0 Å². The molecule has 0 aliphatic heterocycles. The molecule has 0 bridgehead atoms. The minimum atomic E-state index is -0.422. The van der Waals surface area contributed by atoms with Gasteiger partial charge in [0, 0.05) is 12.2 Å². The summed E-state index contributed by atoms with van der Waals surface area (Å²) in [6, 6.07) is 15.5. The van der Waals surface area contributed by atoms with Gasteiger partial charge < -0.3 is 19.7 Å². The number of aromatic hydroxyl groups is 1. The van der Waals surface area contributed by atoms with Gasteiger partial charge in [0.05, 0.1) is 12.8 Å². The van der Waals surface area contributed by atoms with Gasteiger partial charge in [-0.2, -0.15) is 0 Å². The molecule has 1 heterocycles. The third-order valence-corrected chi connectivity index (χ3v) is 3.60. The average molecular weight is 340 g/mol. The lowest BCUT2D eigenvalue weighted by molar-refractivity contribution is 0.201. The average Bonchev–Trinajstić information content (AvgIpc) is 3.09. The van der Waals surface area contributed by atoms with E-state index in [0.717, 1.165) is 5.56 Å². The minimum Gasteiger partial charge on any atom is -0.508 e. The molecule has 6 heteroatoms. The van der Waals surface area contributed by atoms with Crippen LogP contribution in [0.25, 0.3) is 0 Å². The number of anilines is 1. The monoisotopic (exact) mass is 340 g/mol. The molecule has 0 saturated carbocycles. The summed E-state index contributed by atoms with van der Waals surface area (Å²) >= 11 is 0. The molecular weight excluding hydrogens is 323 g/mol. The van der Waals surface area contributed by atoms with Gasteiger partial charge in [-0.15, -0.1) is 0 Å². The number of urea groups is 1. The molecule has 0 spiro atoms. The molecule has 3 rings (SSSR count). The second-order valence-electron chi connectivity index (χ2n) is 5.54. The molecular formula is C19H17FN2O3. The van der Waals surface area contributed by atoms with E-state index >= 15 is 0 Å². The van der Waals surface area contributed by atoms with Crippen LogP contribution < -0.4 is 5.32 Å². The molecule has 2 amide bonds. The Morgan fingerprint density at radius 1 is 1.08 bits per heavy atom. The van der Waals surface area contributed by atoms with Crippen molar-refractivity contribution in [2.75, 3.05) is 5.32 Å². The Morgan fingerprint density at radius 3 is 2.56 bits per heavy atom. The molecule has 128 valence electrons. The summed E-state index contributed by atoms with van der Waals surface area (Å²) in [5.41, 5.74) is 1.22. The van der Waals surface area contributed by atoms with Crippen LogP contribution in [0.15, 0.2) is 71.3 Å². The van der Waals surface area contributed by atoms with Gasteiger partial charge in [0.25, 0.3) is 0 Å². The van der Waals surface area contributed by atoms with E-state index in [1.54, 1.807) is 48.7 Å². The molecule has 2 aromatic carbocycles. The van der Waals surface area contributed by atoms with Gasteiger partial charge in [-0.3, -0.25) is 0 Å². The lowest BCUT2D eigenvalue weighted by Gasteiger charge is -2.22. The van der Waals surface area contributed by atoms with Crippen molar-refractivity contribution >= 4 is 11.7 Å². The van der Waals surface area contributed by atoms with Crippen LogP contribution in [0, 0.1) is 5.82 Å². The maximum Gasteiger partial charge on any atom is 0.322 e. The first-order chi connectivity index (χ1) is 12.1. The summed E-state index contributed by atoms with van der Waals surface area (Å²) in [7, 11) is 0. The number of nitrogens with one attached hydrogen (secondary N) is 1. The standard InChI is InChI=1S/C19H17FN2O3/c20-15-3-1-4-16(11-15)21-19(24)22(13-18-5-2-10-25-18)12-14-6-8-17(23)9-7-14/h1-11,23H,12-13H2,(H,21,24). The highest BCUT2D eigenvalue weighted by molar-refractivity contribution is 5.89. The number of carbonyl (C=O) groups is 1. The van der Waals surface area contributed by atoms with Crippen molar-refractivity contribution in [3.05, 3.63) is 84.1 Å². The number of rotatable bonds is 5. The number of phenols is 1. The van der Waals surface area contributed by atoms with Crippen molar-refractivity contribution < 1.29 is 18.7 Å². The van der Waals surface area contributed by atoms with Crippen molar-refractivity contribution in [3.63, 3.8) is 0 Å². The van der Waals surface area contributed by atoms with Crippen LogP contribution in [0.4, 0.5) is 14.9 Å². The van der Waals surface area contributed by atoms with Crippen molar-refractivity contribution in [2.45, 2.75) is 13.1 Å². The number of carbonyl (C=O) groups excluding carboxylic acids is 1. The van der Waals surface area contributed by atoms with Crippen LogP contribution in [0.3, 0.4) is 0 Å². The summed E-state index contributed by atoms with van der Waals surface area (Å²) in [6.45, 7) is 0.567. The third-order valence-electron chi connectivity index (χ3n) is 3.60. The fourth-order valence-electron chi connectivity index (χ4n) is 2.38. The van der Waals surface area contributed by atoms with E-state index in [9.17, 15) is 14.3 Å². The van der Waals surface area contributed by atoms with Gasteiger partial charge >= 0.3 is 6.03 Å². The van der Waals surface area contributed by atoms with E-state index < -0.39 is 5.82 Å². The Morgan fingerprint density at radius 2 is 1.88 bits per heavy atom. The van der Waals surface area contributed by atoms with E-state index in [2.05, 4.69) is 5.32 Å². The molecule has 0 aliphatic rings. The predicted molar refractivity (Wildman–Crippen MR) is 91.5 cm³/mol. The van der Waals surface area contributed by atoms with Crippen LogP contribution in [0.5, 0.6) is 5.75 Å². The molecule has 0 saturated heterocycles. The molecule has 25 heavy (non-hydrogen) atoms. The number of halogens is 1. The van der Waals surface area contributed by atoms with Crippen LogP contribution in [0.1, 0.15) is 11.3 Å². The van der Waals surface area contributed by atoms with E-state index in [-0.39, 0.29) is 18.3 Å². The summed E-state index contributed by atoms with van der Waals surface area (Å²) < 4.78 is 18.6. The van der Waals surface area contributed by atoms with E-state index in [4.69, 9.17) is 4.42 Å². The fraction of sp³-hybridized carbons (Fsp3) is 0.105. The molecule has 0 atom stereocenters. The molecule has 2 N–H and O–H groups in total. The number of amides is 2. The lowest BCUT2D eigenvalue weighted by Crippen LogP contribution is -2.34. The highest BCUT2D eigenvalue weighted by Crippen LogP contribution is 2.16. The number of furan rings is 1. The van der Waals surface area contributed by atoms with Crippen molar-refractivity contribution in [2.24, 2.45) is 0 Å². The first-order valence-electron chi connectivity index (χ1n) is 7.72. The summed E-state index contributed by atoms with van der Waals surface area (Å²) in [5.74, 6) is 0.368. The van der Waals surface area contributed by atoms with Gasteiger partial charge in [-0.1, -0.05) is 18.2 Å². The van der Waals surface area contributed by atoms with Crippen LogP contribution in [0.2, 0.25) is 0 Å².